The molecule has 0 heterocycles. The SMILES string of the molecule is [N-]=[N+]=NCCCCNS(=O)(=O)C1CCCC1. The number of nitrogens with zero attached hydrogens (tertiary/aromatic N) is 3. The molecule has 0 unspecified atom stereocenters. The van der Waals surface area contributed by atoms with E-state index in [2.05, 4.69) is 14.7 Å². The normalized spacial score (nSPS) is 17.2. The van der Waals surface area contributed by atoms with Gasteiger partial charge in [0.15, 0.2) is 0 Å². The van der Waals surface area contributed by atoms with Crippen molar-refractivity contribution in [3.63, 3.8) is 0 Å². The van der Waals surface area contributed by atoms with Crippen LogP contribution in [0.2, 0.25) is 0 Å². The third kappa shape index (κ3) is 4.38. The van der Waals surface area contributed by atoms with E-state index >= 15 is 0 Å². The molecule has 0 saturated heterocycles. The van der Waals surface area contributed by atoms with Crippen LogP contribution in [0.15, 0.2) is 5.11 Å². The summed E-state index contributed by atoms with van der Waals surface area (Å²) in [6, 6.07) is 0. The molecule has 6 nitrogen and oxygen atoms in total. The molecule has 0 aromatic carbocycles. The molecule has 92 valence electrons. The van der Waals surface area contributed by atoms with Crippen LogP contribution in [0.5, 0.6) is 0 Å². The van der Waals surface area contributed by atoms with Crippen LogP contribution in [-0.4, -0.2) is 26.8 Å². The molecule has 0 aliphatic heterocycles. The first kappa shape index (κ1) is 13.3. The van der Waals surface area contributed by atoms with E-state index in [0.29, 0.717) is 19.5 Å². The molecule has 0 aromatic rings. The van der Waals surface area contributed by atoms with Crippen molar-refractivity contribution < 1.29 is 8.42 Å². The van der Waals surface area contributed by atoms with Crippen molar-refractivity contribution in [1.82, 2.24) is 4.72 Å². The van der Waals surface area contributed by atoms with E-state index in [1.54, 1.807) is 0 Å². The van der Waals surface area contributed by atoms with E-state index in [1.807, 2.05) is 0 Å². The third-order valence-electron chi connectivity index (χ3n) is 2.79. The number of nitrogens with one attached hydrogen (secondary N) is 1. The monoisotopic (exact) mass is 246 g/mol. The highest BCUT2D eigenvalue weighted by atomic mass is 32.2. The largest absolute Gasteiger partial charge is 0.215 e. The minimum absolute atomic E-state index is 0.190. The second-order valence-corrected chi connectivity index (χ2v) is 6.05. The molecular formula is C9H18N4O2S. The van der Waals surface area contributed by atoms with E-state index in [0.717, 1.165) is 32.1 Å². The summed E-state index contributed by atoms with van der Waals surface area (Å²) >= 11 is 0. The Bertz CT molecular complexity index is 343. The minimum Gasteiger partial charge on any atom is -0.215 e. The van der Waals surface area contributed by atoms with Gasteiger partial charge in [0.1, 0.15) is 0 Å². The van der Waals surface area contributed by atoms with Crippen LogP contribution in [0.25, 0.3) is 10.4 Å². The predicted octanol–water partition coefficient (Wildman–Crippen LogP) is 1.94. The zero-order chi connectivity index (χ0) is 11.9. The lowest BCUT2D eigenvalue weighted by Gasteiger charge is -2.11. The fourth-order valence-electron chi connectivity index (χ4n) is 1.88. The van der Waals surface area contributed by atoms with Crippen molar-refractivity contribution in [3.8, 4) is 0 Å². The number of rotatable bonds is 7. The van der Waals surface area contributed by atoms with Gasteiger partial charge >= 0.3 is 0 Å². The Morgan fingerprint density at radius 2 is 2.00 bits per heavy atom. The summed E-state index contributed by atoms with van der Waals surface area (Å²) in [5.74, 6) is 0. The van der Waals surface area contributed by atoms with E-state index in [9.17, 15) is 8.42 Å². The Labute approximate surface area is 96.1 Å². The smallest absolute Gasteiger partial charge is 0.214 e. The first-order valence-electron chi connectivity index (χ1n) is 5.66. The molecule has 16 heavy (non-hydrogen) atoms. The molecule has 1 fully saturated rings. The van der Waals surface area contributed by atoms with E-state index in [-0.39, 0.29) is 5.25 Å². The Balaban J connectivity index is 2.18. The van der Waals surface area contributed by atoms with Crippen LogP contribution in [0.1, 0.15) is 38.5 Å². The molecule has 0 amide bonds. The van der Waals surface area contributed by atoms with Gasteiger partial charge in [0, 0.05) is 18.0 Å². The summed E-state index contributed by atoms with van der Waals surface area (Å²) in [4.78, 5) is 2.63. The first-order chi connectivity index (χ1) is 7.67. The quantitative estimate of drug-likeness (QED) is 0.321. The van der Waals surface area contributed by atoms with Crippen LogP contribution >= 0.6 is 0 Å². The lowest BCUT2D eigenvalue weighted by molar-refractivity contribution is 0.560. The second-order valence-electron chi connectivity index (χ2n) is 4.01. The van der Waals surface area contributed by atoms with Gasteiger partial charge in [0.25, 0.3) is 0 Å². The maximum atomic E-state index is 11.7. The molecule has 0 radical (unpaired) electrons. The zero-order valence-electron chi connectivity index (χ0n) is 9.30. The number of sulfonamides is 1. The first-order valence-corrected chi connectivity index (χ1v) is 7.21. The summed E-state index contributed by atoms with van der Waals surface area (Å²) in [5.41, 5.74) is 8.04. The van der Waals surface area contributed by atoms with Gasteiger partial charge < -0.3 is 0 Å². The minimum atomic E-state index is -3.11. The molecule has 1 aliphatic carbocycles. The lowest BCUT2D eigenvalue weighted by Crippen LogP contribution is -2.33. The Kier molecular flexibility index (Phi) is 5.59. The molecule has 1 N–H and O–H groups in total. The highest BCUT2D eigenvalue weighted by Gasteiger charge is 2.27. The Morgan fingerprint density at radius 3 is 2.62 bits per heavy atom. The summed E-state index contributed by atoms with van der Waals surface area (Å²) in [6.45, 7) is 0.876. The van der Waals surface area contributed by atoms with Crippen molar-refractivity contribution in [2.24, 2.45) is 5.11 Å². The van der Waals surface area contributed by atoms with Crippen molar-refractivity contribution in [2.75, 3.05) is 13.1 Å². The van der Waals surface area contributed by atoms with Crippen LogP contribution < -0.4 is 4.72 Å². The Morgan fingerprint density at radius 1 is 1.31 bits per heavy atom. The average Bonchev–Trinajstić information content (AvgIpc) is 2.77. The van der Waals surface area contributed by atoms with E-state index < -0.39 is 10.0 Å². The van der Waals surface area contributed by atoms with Gasteiger partial charge in [-0.05, 0) is 31.2 Å². The van der Waals surface area contributed by atoms with Crippen LogP contribution in [0.4, 0.5) is 0 Å². The molecule has 0 spiro atoms. The van der Waals surface area contributed by atoms with Gasteiger partial charge in [-0.3, -0.25) is 0 Å². The van der Waals surface area contributed by atoms with Crippen molar-refractivity contribution >= 4 is 10.0 Å². The molecular weight excluding hydrogens is 228 g/mol. The maximum Gasteiger partial charge on any atom is 0.214 e. The molecule has 0 bridgehead atoms. The average molecular weight is 246 g/mol. The maximum absolute atomic E-state index is 11.7. The molecule has 1 rings (SSSR count). The van der Waals surface area contributed by atoms with Crippen LogP contribution in [-0.2, 0) is 10.0 Å². The van der Waals surface area contributed by atoms with Gasteiger partial charge in [0.05, 0.1) is 5.25 Å². The fourth-order valence-corrected chi connectivity index (χ4v) is 3.50. The van der Waals surface area contributed by atoms with E-state index in [1.165, 1.54) is 0 Å². The van der Waals surface area contributed by atoms with Crippen LogP contribution in [0.3, 0.4) is 0 Å². The number of hydrogen-bond donors (Lipinski definition) is 1. The van der Waals surface area contributed by atoms with Crippen LogP contribution in [0, 0.1) is 0 Å². The standard InChI is InChI=1S/C9H18N4O2S/c10-13-11-7-3-4-8-12-16(14,15)9-5-1-2-6-9/h9,12H,1-8H2. The van der Waals surface area contributed by atoms with Crippen molar-refractivity contribution in [2.45, 2.75) is 43.8 Å². The summed E-state index contributed by atoms with van der Waals surface area (Å²) < 4.78 is 26.1. The van der Waals surface area contributed by atoms with Gasteiger partial charge in [0.2, 0.25) is 10.0 Å². The summed E-state index contributed by atoms with van der Waals surface area (Å²) in [6.07, 6.45) is 5.04. The molecule has 0 atom stereocenters. The van der Waals surface area contributed by atoms with Gasteiger partial charge in [-0.15, -0.1) is 0 Å². The van der Waals surface area contributed by atoms with Gasteiger partial charge in [-0.1, -0.05) is 18.0 Å². The molecule has 1 saturated carbocycles. The second kappa shape index (κ2) is 6.73. The summed E-state index contributed by atoms with van der Waals surface area (Å²) in [7, 11) is -3.11. The predicted molar refractivity (Wildman–Crippen MR) is 62.4 cm³/mol. The topological polar surface area (TPSA) is 94.9 Å². The lowest BCUT2D eigenvalue weighted by atomic mass is 10.3. The molecule has 0 aromatic heterocycles. The fraction of sp³-hybridized carbons (Fsp3) is 1.00. The van der Waals surface area contributed by atoms with Crippen molar-refractivity contribution in [3.05, 3.63) is 10.4 Å². The Hall–Kier alpha value is -0.780. The number of hydrogen-bond acceptors (Lipinski definition) is 3. The number of azide groups is 1. The zero-order valence-corrected chi connectivity index (χ0v) is 10.1. The highest BCUT2D eigenvalue weighted by molar-refractivity contribution is 7.90. The van der Waals surface area contributed by atoms with Crippen molar-refractivity contribution in [1.29, 1.82) is 0 Å². The molecule has 7 heteroatoms. The molecule has 1 aliphatic rings. The van der Waals surface area contributed by atoms with E-state index in [4.69, 9.17) is 5.53 Å². The number of unbranched alkanes of at least 4 members (excludes halogenated alkanes) is 1. The van der Waals surface area contributed by atoms with Gasteiger partial charge in [-0.2, -0.15) is 0 Å². The van der Waals surface area contributed by atoms with Gasteiger partial charge in [-0.25, -0.2) is 13.1 Å². The third-order valence-corrected chi connectivity index (χ3v) is 4.75. The highest BCUT2D eigenvalue weighted by Crippen LogP contribution is 2.23. The summed E-state index contributed by atoms with van der Waals surface area (Å²) in [5, 5.41) is 3.20.